The minimum atomic E-state index is -0.532. The van der Waals surface area contributed by atoms with Gasteiger partial charge in [0.1, 0.15) is 24.6 Å². The van der Waals surface area contributed by atoms with Crippen LogP contribution in [0.5, 0.6) is 5.75 Å². The molecule has 0 bridgehead atoms. The average Bonchev–Trinajstić information content (AvgIpc) is 3.39. The average molecular weight is 661 g/mol. The lowest BCUT2D eigenvalue weighted by Gasteiger charge is -2.58. The molecule has 9 nitrogen and oxygen atoms in total. The molecule has 6 rings (SSSR count). The molecule has 260 valence electrons. The van der Waals surface area contributed by atoms with Gasteiger partial charge in [-0.05, 0) is 112 Å². The molecule has 4 aliphatic rings. The van der Waals surface area contributed by atoms with E-state index in [4.69, 9.17) is 18.9 Å². The van der Waals surface area contributed by atoms with Crippen LogP contribution in [0.4, 0.5) is 5.69 Å². The van der Waals surface area contributed by atoms with Gasteiger partial charge < -0.3 is 29.6 Å². The fourth-order valence-corrected chi connectivity index (χ4v) is 9.40. The van der Waals surface area contributed by atoms with Crippen molar-refractivity contribution < 1.29 is 33.3 Å². The maximum atomic E-state index is 14.1. The molecule has 9 heteroatoms. The molecule has 0 spiro atoms. The van der Waals surface area contributed by atoms with Gasteiger partial charge in [0.05, 0.1) is 19.8 Å². The zero-order chi connectivity index (χ0) is 34.1. The molecule has 3 fully saturated rings. The van der Waals surface area contributed by atoms with Crippen molar-refractivity contribution >= 4 is 34.2 Å². The van der Waals surface area contributed by atoms with Gasteiger partial charge in [-0.1, -0.05) is 38.1 Å². The van der Waals surface area contributed by atoms with Crippen LogP contribution in [0.15, 0.2) is 48.6 Å². The number of ether oxygens (including phenoxy) is 4. The summed E-state index contributed by atoms with van der Waals surface area (Å²) in [7, 11) is 0. The summed E-state index contributed by atoms with van der Waals surface area (Å²) in [6, 6.07) is 12.1. The van der Waals surface area contributed by atoms with Gasteiger partial charge in [-0.25, -0.2) is 4.79 Å². The lowest BCUT2D eigenvalue weighted by molar-refractivity contribution is -0.160. The summed E-state index contributed by atoms with van der Waals surface area (Å²) in [5.41, 5.74) is 0.231. The zero-order valence-electron chi connectivity index (χ0n) is 29.1. The van der Waals surface area contributed by atoms with Crippen molar-refractivity contribution in [3.8, 4) is 5.75 Å². The monoisotopic (exact) mass is 660 g/mol. The molecular formula is C39H52N2O7. The molecule has 0 unspecified atom stereocenters. The van der Waals surface area contributed by atoms with Crippen LogP contribution >= 0.6 is 0 Å². The Morgan fingerprint density at radius 2 is 1.73 bits per heavy atom. The minimum absolute atomic E-state index is 0.00894. The smallest absolute Gasteiger partial charge is 0.332 e. The second-order valence-corrected chi connectivity index (χ2v) is 15.7. The van der Waals surface area contributed by atoms with E-state index in [1.807, 2.05) is 57.2 Å². The molecule has 2 aromatic carbocycles. The molecule has 7 atom stereocenters. The second-order valence-electron chi connectivity index (χ2n) is 15.7. The van der Waals surface area contributed by atoms with Crippen molar-refractivity contribution in [1.29, 1.82) is 0 Å². The zero-order valence-corrected chi connectivity index (χ0v) is 29.1. The van der Waals surface area contributed by atoms with Crippen LogP contribution in [0.25, 0.3) is 10.8 Å². The Kier molecular flexibility index (Phi) is 9.92. The molecule has 1 heterocycles. The summed E-state index contributed by atoms with van der Waals surface area (Å²) in [6.45, 7) is 11.4. The summed E-state index contributed by atoms with van der Waals surface area (Å²) in [4.78, 5) is 37.9. The quantitative estimate of drug-likeness (QED) is 0.211. The Morgan fingerprint density at radius 1 is 0.938 bits per heavy atom. The maximum absolute atomic E-state index is 14.1. The fraction of sp³-hybridized carbons (Fsp3) is 0.615. The van der Waals surface area contributed by atoms with Crippen LogP contribution in [0.2, 0.25) is 0 Å². The van der Waals surface area contributed by atoms with Crippen molar-refractivity contribution in [2.75, 3.05) is 38.4 Å². The van der Waals surface area contributed by atoms with Crippen LogP contribution in [-0.4, -0.2) is 62.5 Å². The molecule has 1 aliphatic heterocycles. The highest BCUT2D eigenvalue weighted by atomic mass is 16.6. The maximum Gasteiger partial charge on any atom is 0.332 e. The van der Waals surface area contributed by atoms with Gasteiger partial charge in [-0.3, -0.25) is 9.59 Å². The highest BCUT2D eigenvalue weighted by Crippen LogP contribution is 2.65. The Morgan fingerprint density at radius 3 is 2.54 bits per heavy atom. The van der Waals surface area contributed by atoms with E-state index in [1.54, 1.807) is 6.08 Å². The molecule has 3 saturated carbocycles. The number of benzene rings is 2. The van der Waals surface area contributed by atoms with E-state index in [0.29, 0.717) is 43.3 Å². The second kappa shape index (κ2) is 13.8. The SMILES string of the molecule is CC(C)(C)OC(=O)COCCOCCOc1ccc2cccc(NC(=O)[C@H]3CC[C@H]4[C@@H]5CC[C@H]6NC(=O)C=C[C@]6(C)[C@H]5CC[C@]34C)c2c1. The van der Waals surface area contributed by atoms with Crippen LogP contribution in [-0.2, 0) is 28.6 Å². The molecule has 3 aliphatic carbocycles. The number of nitrogens with one attached hydrogen (secondary N) is 2. The molecule has 0 saturated heterocycles. The molecule has 0 aromatic heterocycles. The number of rotatable bonds is 11. The largest absolute Gasteiger partial charge is 0.491 e. The van der Waals surface area contributed by atoms with Gasteiger partial charge in [0.25, 0.3) is 0 Å². The Labute approximate surface area is 284 Å². The number of anilines is 1. The van der Waals surface area contributed by atoms with Gasteiger partial charge in [0.15, 0.2) is 0 Å². The standard InChI is InChI=1S/C39H52N2O7/c1-37(2,3)48-35(43)24-46-20-19-45-21-22-47-26-10-9-25-7-6-8-32(28(25)23-26)40-36(44)31-13-12-29-27-11-14-33-39(5,18-16-34(42)41-33)30(27)15-17-38(29,31)4/h6-10,16,18,23,27,29-31,33H,11-15,17,19-22,24H2,1-5H3,(H,40,44)(H,41,42)/t27-,29-,30-,31+,33+,38-,39+/m0/s1. The van der Waals surface area contributed by atoms with E-state index in [9.17, 15) is 14.4 Å². The van der Waals surface area contributed by atoms with E-state index in [1.165, 1.54) is 0 Å². The third-order valence-electron chi connectivity index (χ3n) is 11.6. The fourth-order valence-electron chi connectivity index (χ4n) is 9.40. The number of hydrogen-bond acceptors (Lipinski definition) is 7. The van der Waals surface area contributed by atoms with Crippen molar-refractivity contribution in [3.63, 3.8) is 0 Å². The van der Waals surface area contributed by atoms with Crippen LogP contribution in [0.1, 0.15) is 73.1 Å². The molecule has 2 amide bonds. The lowest BCUT2D eigenvalue weighted by Crippen LogP contribution is -2.59. The van der Waals surface area contributed by atoms with E-state index in [-0.39, 0.29) is 47.8 Å². The molecular weight excluding hydrogens is 608 g/mol. The van der Waals surface area contributed by atoms with Gasteiger partial charge in [-0.15, -0.1) is 0 Å². The topological polar surface area (TPSA) is 112 Å². The van der Waals surface area contributed by atoms with E-state index >= 15 is 0 Å². The molecule has 48 heavy (non-hydrogen) atoms. The number of hydrogen-bond donors (Lipinski definition) is 2. The van der Waals surface area contributed by atoms with Gasteiger partial charge >= 0.3 is 5.97 Å². The van der Waals surface area contributed by atoms with Crippen LogP contribution in [0.3, 0.4) is 0 Å². The number of carbonyl (C=O) groups excluding carboxylic acids is 3. The first-order valence-corrected chi connectivity index (χ1v) is 17.7. The molecule has 0 radical (unpaired) electrons. The van der Waals surface area contributed by atoms with Crippen LogP contribution < -0.4 is 15.4 Å². The van der Waals surface area contributed by atoms with Crippen molar-refractivity contribution in [1.82, 2.24) is 5.32 Å². The number of amides is 2. The van der Waals surface area contributed by atoms with Crippen molar-refractivity contribution in [2.45, 2.75) is 84.8 Å². The first-order valence-electron chi connectivity index (χ1n) is 17.7. The Hall–Kier alpha value is -3.43. The lowest BCUT2D eigenvalue weighted by atomic mass is 9.48. The van der Waals surface area contributed by atoms with Crippen LogP contribution in [0, 0.1) is 34.5 Å². The third-order valence-corrected chi connectivity index (χ3v) is 11.6. The normalized spacial score (nSPS) is 30.9. The highest BCUT2D eigenvalue weighted by Gasteiger charge is 2.60. The summed E-state index contributed by atoms with van der Waals surface area (Å²) in [5, 5.41) is 8.56. The summed E-state index contributed by atoms with van der Waals surface area (Å²) < 4.78 is 22.1. The van der Waals surface area contributed by atoms with E-state index in [0.717, 1.165) is 55.0 Å². The van der Waals surface area contributed by atoms with E-state index in [2.05, 4.69) is 30.6 Å². The van der Waals surface area contributed by atoms with E-state index < -0.39 is 11.6 Å². The highest BCUT2D eigenvalue weighted by molar-refractivity contribution is 6.03. The van der Waals surface area contributed by atoms with Crippen molar-refractivity contribution in [2.24, 2.45) is 34.5 Å². The first kappa shape index (κ1) is 34.4. The minimum Gasteiger partial charge on any atom is -0.491 e. The summed E-state index contributed by atoms with van der Waals surface area (Å²) in [6.07, 6.45) is 10.2. The molecule has 2 N–H and O–H groups in total. The van der Waals surface area contributed by atoms with Crippen molar-refractivity contribution in [3.05, 3.63) is 48.6 Å². The number of esters is 1. The van der Waals surface area contributed by atoms with Gasteiger partial charge in [0, 0.05) is 28.4 Å². The summed E-state index contributed by atoms with van der Waals surface area (Å²) in [5.74, 6) is 2.06. The summed E-state index contributed by atoms with van der Waals surface area (Å²) >= 11 is 0. The molecule has 2 aromatic rings. The Bertz CT molecular complexity index is 1550. The Balaban J connectivity index is 1.03. The third kappa shape index (κ3) is 7.13. The first-order chi connectivity index (χ1) is 22.9. The number of carbonyl (C=O) groups is 3. The van der Waals surface area contributed by atoms with Gasteiger partial charge in [0.2, 0.25) is 11.8 Å². The van der Waals surface area contributed by atoms with Gasteiger partial charge in [-0.2, -0.15) is 0 Å². The number of fused-ring (bicyclic) bond motifs is 6. The predicted molar refractivity (Wildman–Crippen MR) is 185 cm³/mol. The predicted octanol–water partition coefficient (Wildman–Crippen LogP) is 6.45.